The lowest BCUT2D eigenvalue weighted by molar-refractivity contribution is 0.105. The highest BCUT2D eigenvalue weighted by Crippen LogP contribution is 2.04. The van der Waals surface area contributed by atoms with Crippen molar-refractivity contribution in [2.75, 3.05) is 33.0 Å². The summed E-state index contributed by atoms with van der Waals surface area (Å²) in [7, 11) is 0. The number of hydrogen-bond donors (Lipinski definition) is 2. The average Bonchev–Trinajstić information content (AvgIpc) is 2.57. The highest BCUT2D eigenvalue weighted by Gasteiger charge is 2.24. The van der Waals surface area contributed by atoms with Gasteiger partial charge in [-0.15, -0.1) is 0 Å². The molecule has 0 spiro atoms. The molecule has 0 saturated carbocycles. The molecule has 1 rings (SSSR count). The van der Waals surface area contributed by atoms with Crippen molar-refractivity contribution in [2.45, 2.75) is 32.4 Å². The molecule has 2 atom stereocenters. The monoisotopic (exact) mass is 217 g/mol. The van der Waals surface area contributed by atoms with E-state index in [4.69, 9.17) is 9.47 Å². The molecule has 0 aromatic rings. The minimum Gasteiger partial charge on any atom is -0.389 e. The van der Waals surface area contributed by atoms with E-state index in [1.807, 2.05) is 0 Å². The summed E-state index contributed by atoms with van der Waals surface area (Å²) < 4.78 is 10.6. The van der Waals surface area contributed by atoms with Crippen LogP contribution in [0.3, 0.4) is 0 Å². The molecular formula is C11H23NO3. The number of aliphatic hydroxyl groups is 1. The van der Waals surface area contributed by atoms with Crippen molar-refractivity contribution < 1.29 is 14.6 Å². The minimum absolute atomic E-state index is 0.107. The number of aliphatic hydroxyl groups excluding tert-OH is 1. The first-order valence-corrected chi connectivity index (χ1v) is 5.77. The first-order chi connectivity index (χ1) is 7.20. The molecule has 1 fully saturated rings. The first-order valence-electron chi connectivity index (χ1n) is 5.77. The van der Waals surface area contributed by atoms with Crippen LogP contribution in [-0.2, 0) is 9.47 Å². The summed E-state index contributed by atoms with van der Waals surface area (Å²) in [4.78, 5) is 0. The van der Waals surface area contributed by atoms with Crippen LogP contribution >= 0.6 is 0 Å². The standard InChI is InChI=1S/C11H23NO3/c1-9(2)6-14-5-3-4-12-10-7-15-8-11(10)13/h9-13H,3-8H2,1-2H3. The molecule has 90 valence electrons. The zero-order valence-corrected chi connectivity index (χ0v) is 9.74. The van der Waals surface area contributed by atoms with Crippen LogP contribution in [0.15, 0.2) is 0 Å². The van der Waals surface area contributed by atoms with Crippen LogP contribution in [0.25, 0.3) is 0 Å². The van der Waals surface area contributed by atoms with Gasteiger partial charge in [0, 0.05) is 13.2 Å². The fourth-order valence-corrected chi connectivity index (χ4v) is 1.52. The molecule has 0 radical (unpaired) electrons. The molecule has 15 heavy (non-hydrogen) atoms. The normalized spacial score (nSPS) is 26.4. The zero-order chi connectivity index (χ0) is 11.1. The Labute approximate surface area is 92.0 Å². The quantitative estimate of drug-likeness (QED) is 0.606. The molecule has 1 saturated heterocycles. The molecule has 0 aromatic heterocycles. The van der Waals surface area contributed by atoms with Gasteiger partial charge in [0.2, 0.25) is 0 Å². The predicted octanol–water partition coefficient (Wildman–Crippen LogP) is 0.398. The summed E-state index contributed by atoms with van der Waals surface area (Å²) >= 11 is 0. The lowest BCUT2D eigenvalue weighted by atomic mass is 10.2. The van der Waals surface area contributed by atoms with Gasteiger partial charge in [-0.3, -0.25) is 0 Å². The van der Waals surface area contributed by atoms with Gasteiger partial charge in [-0.1, -0.05) is 13.8 Å². The fourth-order valence-electron chi connectivity index (χ4n) is 1.52. The zero-order valence-electron chi connectivity index (χ0n) is 9.74. The Morgan fingerprint density at radius 1 is 1.47 bits per heavy atom. The second kappa shape index (κ2) is 7.17. The average molecular weight is 217 g/mol. The summed E-state index contributed by atoms with van der Waals surface area (Å²) in [6, 6.07) is 0.107. The molecule has 1 aliphatic rings. The molecule has 2 N–H and O–H groups in total. The van der Waals surface area contributed by atoms with E-state index in [9.17, 15) is 5.11 Å². The molecule has 2 unspecified atom stereocenters. The lowest BCUT2D eigenvalue weighted by Gasteiger charge is -2.14. The van der Waals surface area contributed by atoms with E-state index in [-0.39, 0.29) is 12.1 Å². The van der Waals surface area contributed by atoms with Gasteiger partial charge in [0.1, 0.15) is 0 Å². The summed E-state index contributed by atoms with van der Waals surface area (Å²) in [6.07, 6.45) is 0.636. The molecule has 0 amide bonds. The van der Waals surface area contributed by atoms with Gasteiger partial charge in [-0.25, -0.2) is 0 Å². The van der Waals surface area contributed by atoms with Gasteiger partial charge >= 0.3 is 0 Å². The highest BCUT2D eigenvalue weighted by molar-refractivity contribution is 4.80. The second-order valence-electron chi connectivity index (χ2n) is 4.49. The maximum Gasteiger partial charge on any atom is 0.0948 e. The van der Waals surface area contributed by atoms with E-state index >= 15 is 0 Å². The van der Waals surface area contributed by atoms with Gasteiger partial charge < -0.3 is 19.9 Å². The largest absolute Gasteiger partial charge is 0.389 e. The van der Waals surface area contributed by atoms with Crippen molar-refractivity contribution in [3.8, 4) is 0 Å². The molecule has 1 heterocycles. The van der Waals surface area contributed by atoms with E-state index in [1.54, 1.807) is 0 Å². The van der Waals surface area contributed by atoms with Crippen LogP contribution < -0.4 is 5.32 Å². The minimum atomic E-state index is -0.346. The number of rotatable bonds is 7. The molecule has 1 aliphatic heterocycles. The van der Waals surface area contributed by atoms with Gasteiger partial charge in [0.25, 0.3) is 0 Å². The molecule has 0 bridgehead atoms. The van der Waals surface area contributed by atoms with Gasteiger partial charge in [-0.05, 0) is 18.9 Å². The predicted molar refractivity (Wildman–Crippen MR) is 58.9 cm³/mol. The maximum atomic E-state index is 9.45. The Kier molecular flexibility index (Phi) is 6.17. The topological polar surface area (TPSA) is 50.7 Å². The van der Waals surface area contributed by atoms with Crippen molar-refractivity contribution in [3.63, 3.8) is 0 Å². The van der Waals surface area contributed by atoms with Crippen LogP contribution in [0.4, 0.5) is 0 Å². The van der Waals surface area contributed by atoms with E-state index in [0.29, 0.717) is 19.1 Å². The number of hydrogen-bond acceptors (Lipinski definition) is 4. The summed E-state index contributed by atoms with van der Waals surface area (Å²) in [6.45, 7) is 7.86. The third kappa shape index (κ3) is 5.47. The van der Waals surface area contributed by atoms with Crippen molar-refractivity contribution in [2.24, 2.45) is 5.92 Å². The Bertz CT molecular complexity index is 164. The van der Waals surface area contributed by atoms with Gasteiger partial charge in [-0.2, -0.15) is 0 Å². The lowest BCUT2D eigenvalue weighted by Crippen LogP contribution is -2.39. The Morgan fingerprint density at radius 2 is 2.27 bits per heavy atom. The number of nitrogens with one attached hydrogen (secondary N) is 1. The Morgan fingerprint density at radius 3 is 2.87 bits per heavy atom. The Balaban J connectivity index is 1.88. The third-order valence-corrected chi connectivity index (χ3v) is 2.37. The summed E-state index contributed by atoms with van der Waals surface area (Å²) in [5.74, 6) is 0.600. The number of ether oxygens (including phenoxy) is 2. The molecule has 0 aliphatic carbocycles. The fraction of sp³-hybridized carbons (Fsp3) is 1.00. The van der Waals surface area contributed by atoms with Crippen LogP contribution in [0.1, 0.15) is 20.3 Å². The maximum absolute atomic E-state index is 9.45. The smallest absolute Gasteiger partial charge is 0.0948 e. The van der Waals surface area contributed by atoms with Crippen LogP contribution in [-0.4, -0.2) is 50.2 Å². The van der Waals surface area contributed by atoms with Crippen molar-refractivity contribution in [1.82, 2.24) is 5.32 Å². The van der Waals surface area contributed by atoms with Gasteiger partial charge in [0.15, 0.2) is 0 Å². The van der Waals surface area contributed by atoms with Crippen molar-refractivity contribution >= 4 is 0 Å². The van der Waals surface area contributed by atoms with Crippen LogP contribution in [0.2, 0.25) is 0 Å². The molecular weight excluding hydrogens is 194 g/mol. The van der Waals surface area contributed by atoms with Crippen molar-refractivity contribution in [1.29, 1.82) is 0 Å². The first kappa shape index (κ1) is 12.9. The van der Waals surface area contributed by atoms with E-state index in [1.165, 1.54) is 0 Å². The SMILES string of the molecule is CC(C)COCCCNC1COCC1O. The van der Waals surface area contributed by atoms with E-state index < -0.39 is 0 Å². The summed E-state index contributed by atoms with van der Waals surface area (Å²) in [5.41, 5.74) is 0. The molecule has 4 nitrogen and oxygen atoms in total. The van der Waals surface area contributed by atoms with Gasteiger partial charge in [0.05, 0.1) is 25.4 Å². The molecule has 4 heteroatoms. The summed E-state index contributed by atoms with van der Waals surface area (Å²) in [5, 5.41) is 12.7. The van der Waals surface area contributed by atoms with Crippen molar-refractivity contribution in [3.05, 3.63) is 0 Å². The third-order valence-electron chi connectivity index (χ3n) is 2.37. The Hall–Kier alpha value is -0.160. The second-order valence-corrected chi connectivity index (χ2v) is 4.49. The van der Waals surface area contributed by atoms with E-state index in [0.717, 1.165) is 26.2 Å². The molecule has 0 aromatic carbocycles. The van der Waals surface area contributed by atoms with Crippen LogP contribution in [0.5, 0.6) is 0 Å². The van der Waals surface area contributed by atoms with Crippen LogP contribution in [0, 0.1) is 5.92 Å². The highest BCUT2D eigenvalue weighted by atomic mass is 16.5. The van der Waals surface area contributed by atoms with E-state index in [2.05, 4.69) is 19.2 Å².